The quantitative estimate of drug-likeness (QED) is 0.788. The normalized spacial score (nSPS) is 11.5. The Bertz CT molecular complexity index is 572. The van der Waals surface area contributed by atoms with Crippen molar-refractivity contribution < 1.29 is 32.7 Å². The van der Waals surface area contributed by atoms with E-state index in [1.807, 2.05) is 26.8 Å². The smallest absolute Gasteiger partial charge is 0.352 e. The second-order valence-electron chi connectivity index (χ2n) is 5.60. The molecule has 1 heterocycles. The Balaban J connectivity index is 0.00000242. The van der Waals surface area contributed by atoms with Crippen molar-refractivity contribution in [3.05, 3.63) is 53.5 Å². The molecule has 0 amide bonds. The van der Waals surface area contributed by atoms with Gasteiger partial charge in [0, 0.05) is 11.9 Å². The summed E-state index contributed by atoms with van der Waals surface area (Å²) in [4.78, 5) is 13.2. The zero-order chi connectivity index (χ0) is 15.2. The zero-order valence-electron chi connectivity index (χ0n) is 13.8. The molecule has 0 aliphatic carbocycles. The summed E-state index contributed by atoms with van der Waals surface area (Å²) >= 11 is 0. The van der Waals surface area contributed by atoms with Gasteiger partial charge >= 0.3 is 32.7 Å². The summed E-state index contributed by atoms with van der Waals surface area (Å²) in [5, 5.41) is 3.37. The van der Waals surface area contributed by atoms with Gasteiger partial charge in [0.2, 0.25) is 5.95 Å². The van der Waals surface area contributed by atoms with E-state index >= 15 is 0 Å². The van der Waals surface area contributed by atoms with Gasteiger partial charge in [0.15, 0.2) is 0 Å². The molecule has 0 bridgehead atoms. The molecule has 1 N–H and O–H groups in total. The van der Waals surface area contributed by atoms with Crippen LogP contribution in [0.4, 0.5) is 5.95 Å². The molecule has 0 aliphatic rings. The molecule has 1 aromatic heterocycles. The predicted octanol–water partition coefficient (Wildman–Crippen LogP) is 3.57. The van der Waals surface area contributed by atoms with E-state index in [1.54, 1.807) is 0 Å². The molecule has 2 aromatic rings. The Kier molecular flexibility index (Phi) is 7.98. The molecule has 0 fully saturated rings. The molecular weight excluding hydrogens is 349 g/mol. The van der Waals surface area contributed by atoms with Crippen molar-refractivity contribution >= 4 is 5.95 Å². The summed E-state index contributed by atoms with van der Waals surface area (Å²) < 4.78 is 0. The van der Waals surface area contributed by atoms with Gasteiger partial charge in [-0.2, -0.15) is 18.8 Å². The predicted molar refractivity (Wildman–Crippen MR) is 86.1 cm³/mol. The van der Waals surface area contributed by atoms with Crippen molar-refractivity contribution in [2.45, 2.75) is 46.6 Å². The minimum Gasteiger partial charge on any atom is -0.352 e. The second kappa shape index (κ2) is 9.21. The Morgan fingerprint density at radius 3 is 2.41 bits per heavy atom. The van der Waals surface area contributed by atoms with Crippen LogP contribution in [0.2, 0.25) is 0 Å². The van der Waals surface area contributed by atoms with Crippen molar-refractivity contribution in [3.8, 4) is 0 Å². The first-order valence-corrected chi connectivity index (χ1v) is 7.38. The van der Waals surface area contributed by atoms with Gasteiger partial charge in [-0.1, -0.05) is 30.3 Å². The standard InChI is InChI=1S/C17H23N4.Y/c1-12(2)16-19-14(4)20-17(21-16)18-13(3)10-11-15-8-6-5-7-9-15;/h5-9,13H,10-11H2,1-4H3,(H,18,19,20,21);/q-1;+3. The summed E-state index contributed by atoms with van der Waals surface area (Å²) in [6.45, 7) is 8.08. The maximum atomic E-state index is 4.46. The van der Waals surface area contributed by atoms with Crippen LogP contribution in [0, 0.1) is 12.8 Å². The van der Waals surface area contributed by atoms with E-state index in [4.69, 9.17) is 0 Å². The monoisotopic (exact) mass is 372 g/mol. The van der Waals surface area contributed by atoms with Crippen LogP contribution in [-0.4, -0.2) is 21.0 Å². The third-order valence-electron chi connectivity index (χ3n) is 3.28. The van der Waals surface area contributed by atoms with Gasteiger partial charge in [-0.15, -0.1) is 0 Å². The van der Waals surface area contributed by atoms with E-state index < -0.39 is 0 Å². The summed E-state index contributed by atoms with van der Waals surface area (Å²) in [6.07, 6.45) is 2.09. The number of nitrogens with one attached hydrogen (secondary N) is 1. The first kappa shape index (κ1) is 19.1. The molecule has 112 valence electrons. The van der Waals surface area contributed by atoms with Gasteiger partial charge in [0.05, 0.1) is 0 Å². The van der Waals surface area contributed by atoms with Crippen molar-refractivity contribution in [3.63, 3.8) is 0 Å². The van der Waals surface area contributed by atoms with E-state index in [0.717, 1.165) is 30.4 Å². The summed E-state index contributed by atoms with van der Waals surface area (Å²) in [5.41, 5.74) is 1.36. The van der Waals surface area contributed by atoms with E-state index in [0.29, 0.717) is 12.0 Å². The SMILES string of the molecule is Cc1nc(NC(C)CCc2ccccc2)nc([C-](C)C)n1.[Y+3]. The van der Waals surface area contributed by atoms with Gasteiger partial charge in [-0.3, -0.25) is 4.98 Å². The molecule has 0 aliphatic heterocycles. The maximum Gasteiger partial charge on any atom is 3.00 e. The molecule has 4 nitrogen and oxygen atoms in total. The molecule has 0 spiro atoms. The molecule has 2 rings (SSSR count). The molecule has 0 saturated carbocycles. The van der Waals surface area contributed by atoms with Crippen molar-refractivity contribution in [1.82, 2.24) is 15.0 Å². The number of nitrogens with zero attached hydrogens (tertiary/aromatic N) is 3. The molecule has 5 heteroatoms. The van der Waals surface area contributed by atoms with Crippen molar-refractivity contribution in [2.24, 2.45) is 0 Å². The zero-order valence-corrected chi connectivity index (χ0v) is 16.6. The molecule has 1 aromatic carbocycles. The average Bonchev–Trinajstić information content (AvgIpc) is 2.45. The Hall–Kier alpha value is -0.996. The third kappa shape index (κ3) is 6.01. The van der Waals surface area contributed by atoms with Gasteiger partial charge < -0.3 is 11.2 Å². The fraction of sp³-hybridized carbons (Fsp3) is 0.412. The van der Waals surface area contributed by atoms with Crippen LogP contribution < -0.4 is 5.32 Å². The number of anilines is 1. The molecule has 1 unspecified atom stereocenters. The Labute approximate surface area is 158 Å². The molecule has 0 saturated heterocycles. The van der Waals surface area contributed by atoms with Gasteiger partial charge in [-0.25, -0.2) is 4.98 Å². The fourth-order valence-corrected chi connectivity index (χ4v) is 2.09. The van der Waals surface area contributed by atoms with Gasteiger partial charge in [0.25, 0.3) is 0 Å². The molecule has 1 atom stereocenters. The van der Waals surface area contributed by atoms with E-state index in [-0.39, 0.29) is 32.7 Å². The van der Waals surface area contributed by atoms with Crippen LogP contribution in [0.3, 0.4) is 0 Å². The molecule has 0 radical (unpaired) electrons. The average molecular weight is 372 g/mol. The number of aromatic nitrogens is 3. The van der Waals surface area contributed by atoms with Crippen molar-refractivity contribution in [2.75, 3.05) is 5.32 Å². The van der Waals surface area contributed by atoms with Gasteiger partial charge in [-0.05, 0) is 32.3 Å². The van der Waals surface area contributed by atoms with Crippen LogP contribution in [0.5, 0.6) is 0 Å². The first-order valence-electron chi connectivity index (χ1n) is 7.38. The fourth-order valence-electron chi connectivity index (χ4n) is 2.09. The minimum absolute atomic E-state index is 0. The maximum absolute atomic E-state index is 4.46. The van der Waals surface area contributed by atoms with Crippen LogP contribution in [0.15, 0.2) is 30.3 Å². The largest absolute Gasteiger partial charge is 3.00 e. The van der Waals surface area contributed by atoms with Crippen LogP contribution in [0.25, 0.3) is 0 Å². The van der Waals surface area contributed by atoms with Gasteiger partial charge in [0.1, 0.15) is 5.82 Å². The van der Waals surface area contributed by atoms with E-state index in [9.17, 15) is 0 Å². The Morgan fingerprint density at radius 1 is 1.09 bits per heavy atom. The topological polar surface area (TPSA) is 50.7 Å². The number of aryl methyl sites for hydroxylation is 2. The number of rotatable bonds is 6. The molecular formula is C17H23N4Y+2. The summed E-state index contributed by atoms with van der Waals surface area (Å²) in [5.74, 6) is 3.28. The van der Waals surface area contributed by atoms with Crippen LogP contribution in [0.1, 0.15) is 44.4 Å². The second-order valence-corrected chi connectivity index (χ2v) is 5.60. The summed E-state index contributed by atoms with van der Waals surface area (Å²) in [7, 11) is 0. The number of hydrogen-bond acceptors (Lipinski definition) is 4. The third-order valence-corrected chi connectivity index (χ3v) is 3.28. The summed E-state index contributed by atoms with van der Waals surface area (Å²) in [6, 6.07) is 10.8. The van der Waals surface area contributed by atoms with Crippen molar-refractivity contribution in [1.29, 1.82) is 0 Å². The number of benzene rings is 1. The Morgan fingerprint density at radius 2 is 1.77 bits per heavy atom. The van der Waals surface area contributed by atoms with E-state index in [2.05, 4.69) is 51.5 Å². The minimum atomic E-state index is 0. The molecule has 22 heavy (non-hydrogen) atoms. The van der Waals surface area contributed by atoms with Crippen LogP contribution in [-0.2, 0) is 39.1 Å². The van der Waals surface area contributed by atoms with E-state index in [1.165, 1.54) is 5.56 Å². The number of hydrogen-bond donors (Lipinski definition) is 1. The first-order chi connectivity index (χ1) is 10.0. The van der Waals surface area contributed by atoms with Crippen LogP contribution >= 0.6 is 0 Å².